The lowest BCUT2D eigenvalue weighted by molar-refractivity contribution is -0.113. The Bertz CT molecular complexity index is 1050. The number of hydrogen-bond acceptors (Lipinski definition) is 5. The maximum atomic E-state index is 12.8. The summed E-state index contributed by atoms with van der Waals surface area (Å²) in [6, 6.07) is 15.5. The number of para-hydroxylation sites is 1. The van der Waals surface area contributed by atoms with Gasteiger partial charge in [-0.05, 0) is 30.3 Å². The van der Waals surface area contributed by atoms with Crippen molar-refractivity contribution >= 4 is 33.1 Å². The van der Waals surface area contributed by atoms with Gasteiger partial charge < -0.3 is 14.8 Å². The molecule has 28 heavy (non-hydrogen) atoms. The first-order valence-corrected chi connectivity index (χ1v) is 9.30. The number of methoxy groups -OCH3 is 2. The summed E-state index contributed by atoms with van der Waals surface area (Å²) in [4.78, 5) is 17.5. The predicted octanol–water partition coefficient (Wildman–Crippen LogP) is 5.15. The first-order chi connectivity index (χ1) is 13.6. The average Bonchev–Trinajstić information content (AvgIpc) is 3.15. The molecule has 0 spiro atoms. The number of rotatable bonds is 7. The molecule has 5 nitrogen and oxygen atoms in total. The lowest BCUT2D eigenvalue weighted by Crippen LogP contribution is -2.18. The first kappa shape index (κ1) is 19.4. The van der Waals surface area contributed by atoms with Crippen LogP contribution in [0.1, 0.15) is 0 Å². The van der Waals surface area contributed by atoms with E-state index in [0.29, 0.717) is 5.69 Å². The summed E-state index contributed by atoms with van der Waals surface area (Å²) < 4.78 is 11.5. The molecule has 3 rings (SSSR count). The molecule has 1 amide bonds. The Morgan fingerprint density at radius 1 is 1.14 bits per heavy atom. The van der Waals surface area contributed by atoms with Gasteiger partial charge in [0, 0.05) is 11.3 Å². The number of amides is 1. The fraction of sp³-hybridized carbons (Fsp3) is 0.0909. The number of aromatic nitrogens is 1. The minimum atomic E-state index is -0.398. The lowest BCUT2D eigenvalue weighted by Gasteiger charge is -2.14. The van der Waals surface area contributed by atoms with E-state index in [1.807, 2.05) is 48.5 Å². The molecular formula is C22H20N2O3S. The topological polar surface area (TPSA) is 60.5 Å². The van der Waals surface area contributed by atoms with Crippen LogP contribution in [0.15, 0.2) is 84.9 Å². The van der Waals surface area contributed by atoms with Crippen LogP contribution in [0.3, 0.4) is 0 Å². The SMILES string of the molecule is C=C/C(OC)=C(\C(=C)OC)C(=O)Nc1cccc(-c2nc3ccccc3s2)c1. The van der Waals surface area contributed by atoms with Crippen molar-refractivity contribution in [3.63, 3.8) is 0 Å². The number of hydrogen-bond donors (Lipinski definition) is 1. The highest BCUT2D eigenvalue weighted by molar-refractivity contribution is 7.21. The van der Waals surface area contributed by atoms with Crippen LogP contribution < -0.4 is 5.32 Å². The molecule has 1 N–H and O–H groups in total. The van der Waals surface area contributed by atoms with Crippen molar-refractivity contribution in [3.05, 3.63) is 84.9 Å². The molecule has 0 aliphatic carbocycles. The lowest BCUT2D eigenvalue weighted by atomic mass is 10.1. The summed E-state index contributed by atoms with van der Waals surface area (Å²) in [6.45, 7) is 7.43. The van der Waals surface area contributed by atoms with Crippen LogP contribution >= 0.6 is 11.3 Å². The predicted molar refractivity (Wildman–Crippen MR) is 114 cm³/mol. The quantitative estimate of drug-likeness (QED) is 0.343. The first-order valence-electron chi connectivity index (χ1n) is 8.48. The molecule has 0 bridgehead atoms. The number of carbonyl (C=O) groups excluding carboxylic acids is 1. The molecule has 0 atom stereocenters. The van der Waals surface area contributed by atoms with Gasteiger partial charge in [0.1, 0.15) is 22.1 Å². The second-order valence-corrected chi connectivity index (χ2v) is 6.83. The molecule has 0 saturated carbocycles. The van der Waals surface area contributed by atoms with Gasteiger partial charge in [0.15, 0.2) is 0 Å². The van der Waals surface area contributed by atoms with Crippen LogP contribution in [0, 0.1) is 0 Å². The van der Waals surface area contributed by atoms with Gasteiger partial charge in [-0.3, -0.25) is 4.79 Å². The normalized spacial score (nSPS) is 11.5. The van der Waals surface area contributed by atoms with E-state index in [1.165, 1.54) is 20.3 Å². The maximum absolute atomic E-state index is 12.8. The molecule has 0 saturated heterocycles. The number of anilines is 1. The van der Waals surface area contributed by atoms with Crippen molar-refractivity contribution in [1.29, 1.82) is 0 Å². The van der Waals surface area contributed by atoms with Gasteiger partial charge in [0.2, 0.25) is 0 Å². The molecule has 3 aromatic rings. The number of benzene rings is 2. The second kappa shape index (κ2) is 8.54. The van der Waals surface area contributed by atoms with E-state index in [9.17, 15) is 4.79 Å². The standard InChI is InChI=1S/C22H20N2O3S/c1-5-18(27-4)20(14(2)26-3)21(25)23-16-10-8-9-15(13-16)22-24-17-11-6-7-12-19(17)28-22/h5-13H,1-2H2,3-4H3,(H,23,25)/b20-18-. The monoisotopic (exact) mass is 392 g/mol. The molecular weight excluding hydrogens is 372 g/mol. The average molecular weight is 392 g/mol. The number of nitrogens with one attached hydrogen (secondary N) is 1. The third-order valence-corrected chi connectivity index (χ3v) is 5.15. The Labute approximate surface area is 167 Å². The highest BCUT2D eigenvalue weighted by Crippen LogP contribution is 2.31. The largest absolute Gasteiger partial charge is 0.496 e. The van der Waals surface area contributed by atoms with Crippen LogP contribution in [-0.4, -0.2) is 25.1 Å². The number of allylic oxidation sites excluding steroid dienone is 1. The van der Waals surface area contributed by atoms with Gasteiger partial charge in [0.05, 0.1) is 24.4 Å². The molecule has 6 heteroatoms. The Hall–Kier alpha value is -3.38. The van der Waals surface area contributed by atoms with Crippen molar-refractivity contribution in [2.45, 2.75) is 0 Å². The summed E-state index contributed by atoms with van der Waals surface area (Å²) in [5, 5.41) is 3.75. The Morgan fingerprint density at radius 3 is 2.61 bits per heavy atom. The van der Waals surface area contributed by atoms with Crippen molar-refractivity contribution in [1.82, 2.24) is 4.98 Å². The fourth-order valence-corrected chi connectivity index (χ4v) is 3.65. The second-order valence-electron chi connectivity index (χ2n) is 5.80. The zero-order chi connectivity index (χ0) is 20.1. The van der Waals surface area contributed by atoms with Crippen molar-refractivity contribution < 1.29 is 14.3 Å². The van der Waals surface area contributed by atoms with E-state index >= 15 is 0 Å². The molecule has 0 aliphatic heterocycles. The van der Waals surface area contributed by atoms with E-state index in [4.69, 9.17) is 9.47 Å². The summed E-state index contributed by atoms with van der Waals surface area (Å²) in [5.41, 5.74) is 2.69. The van der Waals surface area contributed by atoms with E-state index in [-0.39, 0.29) is 17.1 Å². The number of carbonyl (C=O) groups is 1. The summed E-state index contributed by atoms with van der Waals surface area (Å²) in [6.07, 6.45) is 1.44. The third-order valence-electron chi connectivity index (χ3n) is 4.07. The number of fused-ring (bicyclic) bond motifs is 1. The molecule has 2 aromatic carbocycles. The summed E-state index contributed by atoms with van der Waals surface area (Å²) in [7, 11) is 2.90. The minimum Gasteiger partial charge on any atom is -0.496 e. The smallest absolute Gasteiger partial charge is 0.263 e. The molecule has 1 heterocycles. The molecule has 0 fully saturated rings. The molecule has 1 aromatic heterocycles. The highest BCUT2D eigenvalue weighted by atomic mass is 32.1. The minimum absolute atomic E-state index is 0.186. The Balaban J connectivity index is 1.91. The zero-order valence-corrected chi connectivity index (χ0v) is 16.5. The van der Waals surface area contributed by atoms with E-state index in [1.54, 1.807) is 11.3 Å². The van der Waals surface area contributed by atoms with Crippen molar-refractivity contribution in [2.24, 2.45) is 0 Å². The van der Waals surface area contributed by atoms with Crippen LogP contribution in [-0.2, 0) is 14.3 Å². The van der Waals surface area contributed by atoms with E-state index < -0.39 is 5.91 Å². The number of thiazole rings is 1. The Morgan fingerprint density at radius 2 is 1.93 bits per heavy atom. The van der Waals surface area contributed by atoms with Gasteiger partial charge in [-0.25, -0.2) is 4.98 Å². The van der Waals surface area contributed by atoms with Gasteiger partial charge in [-0.15, -0.1) is 11.3 Å². The molecule has 0 radical (unpaired) electrons. The van der Waals surface area contributed by atoms with Crippen LogP contribution in [0.2, 0.25) is 0 Å². The molecule has 142 valence electrons. The van der Waals surface area contributed by atoms with Gasteiger partial charge in [-0.2, -0.15) is 0 Å². The number of ether oxygens (including phenoxy) is 2. The molecule has 0 aliphatic rings. The highest BCUT2D eigenvalue weighted by Gasteiger charge is 2.19. The van der Waals surface area contributed by atoms with Gasteiger partial charge in [0.25, 0.3) is 5.91 Å². The van der Waals surface area contributed by atoms with Crippen LogP contribution in [0.4, 0.5) is 5.69 Å². The fourth-order valence-electron chi connectivity index (χ4n) is 2.68. The summed E-state index contributed by atoms with van der Waals surface area (Å²) in [5.74, 6) is 0.0771. The van der Waals surface area contributed by atoms with Crippen LogP contribution in [0.25, 0.3) is 20.8 Å². The number of nitrogens with zero attached hydrogens (tertiary/aromatic N) is 1. The third kappa shape index (κ3) is 3.97. The van der Waals surface area contributed by atoms with Crippen molar-refractivity contribution in [3.8, 4) is 10.6 Å². The Kier molecular flexibility index (Phi) is 5.91. The van der Waals surface area contributed by atoms with Gasteiger partial charge >= 0.3 is 0 Å². The van der Waals surface area contributed by atoms with Crippen molar-refractivity contribution in [2.75, 3.05) is 19.5 Å². The zero-order valence-electron chi connectivity index (χ0n) is 15.7. The van der Waals surface area contributed by atoms with Gasteiger partial charge in [-0.1, -0.05) is 37.4 Å². The van der Waals surface area contributed by atoms with E-state index in [0.717, 1.165) is 20.8 Å². The van der Waals surface area contributed by atoms with Crippen LogP contribution in [0.5, 0.6) is 0 Å². The maximum Gasteiger partial charge on any atom is 0.263 e. The van der Waals surface area contributed by atoms with E-state index in [2.05, 4.69) is 23.5 Å². The summed E-state index contributed by atoms with van der Waals surface area (Å²) >= 11 is 1.60. The molecule has 0 unspecified atom stereocenters.